The maximum absolute atomic E-state index is 12.8. The van der Waals surface area contributed by atoms with Crippen LogP contribution in [0.2, 0.25) is 0 Å². The number of carbonyl (C=O) groups excluding carboxylic acids is 3. The van der Waals surface area contributed by atoms with E-state index in [1.165, 1.54) is 0 Å². The third kappa shape index (κ3) is 6.18. The summed E-state index contributed by atoms with van der Waals surface area (Å²) >= 11 is 0. The summed E-state index contributed by atoms with van der Waals surface area (Å²) in [6, 6.07) is 23.5. The number of hydrogen-bond donors (Lipinski definition) is 3. The molecule has 3 rings (SSSR count). The van der Waals surface area contributed by atoms with Gasteiger partial charge >= 0.3 is 0 Å². The highest BCUT2D eigenvalue weighted by Gasteiger charge is 2.13. The molecule has 164 valence electrons. The number of carbonyl (C=O) groups is 3. The van der Waals surface area contributed by atoms with Gasteiger partial charge in [-0.25, -0.2) is 0 Å². The van der Waals surface area contributed by atoms with Gasteiger partial charge in [-0.1, -0.05) is 36.4 Å². The van der Waals surface area contributed by atoms with Crippen molar-refractivity contribution in [3.8, 4) is 0 Å². The smallest absolute Gasteiger partial charge is 0.253 e. The van der Waals surface area contributed by atoms with Gasteiger partial charge in [-0.2, -0.15) is 0 Å². The second kappa shape index (κ2) is 10.8. The summed E-state index contributed by atoms with van der Waals surface area (Å²) in [7, 11) is 3.32. The zero-order valence-electron chi connectivity index (χ0n) is 18.1. The molecule has 0 aromatic heterocycles. The Morgan fingerprint density at radius 2 is 1.53 bits per heavy atom. The van der Waals surface area contributed by atoms with Gasteiger partial charge in [-0.05, 0) is 48.0 Å². The van der Waals surface area contributed by atoms with Crippen molar-refractivity contribution in [3.63, 3.8) is 0 Å². The highest BCUT2D eigenvalue weighted by molar-refractivity contribution is 5.98. The van der Waals surface area contributed by atoms with Crippen LogP contribution in [0.4, 0.5) is 11.4 Å². The summed E-state index contributed by atoms with van der Waals surface area (Å²) in [5.41, 5.74) is 3.35. The van der Waals surface area contributed by atoms with E-state index in [2.05, 4.69) is 16.0 Å². The van der Waals surface area contributed by atoms with Crippen LogP contribution in [0.1, 0.15) is 26.3 Å². The molecule has 32 heavy (non-hydrogen) atoms. The molecule has 0 spiro atoms. The summed E-state index contributed by atoms with van der Waals surface area (Å²) in [4.78, 5) is 38.3. The van der Waals surface area contributed by atoms with Crippen molar-refractivity contribution in [2.24, 2.45) is 0 Å². The minimum absolute atomic E-state index is 0.0470. The van der Waals surface area contributed by atoms with Crippen LogP contribution in [0.5, 0.6) is 0 Å². The lowest BCUT2D eigenvalue weighted by Crippen LogP contribution is -2.26. The standard InChI is InChI=1S/C25H26N4O3/c1-26-24(31)19-11-13-21(14-12-19)27-16-23(30)28-22-10-6-9-20(15-22)25(32)29(2)17-18-7-4-3-5-8-18/h3-15,27H,16-17H2,1-2H3,(H,26,31)(H,28,30). The Morgan fingerprint density at radius 1 is 0.812 bits per heavy atom. The van der Waals surface area contributed by atoms with Gasteiger partial charge in [0.15, 0.2) is 0 Å². The average Bonchev–Trinajstić information content (AvgIpc) is 2.83. The fraction of sp³-hybridized carbons (Fsp3) is 0.160. The summed E-state index contributed by atoms with van der Waals surface area (Å²) in [6.45, 7) is 0.546. The van der Waals surface area contributed by atoms with E-state index in [1.807, 2.05) is 30.3 Å². The quantitative estimate of drug-likeness (QED) is 0.511. The maximum Gasteiger partial charge on any atom is 0.253 e. The molecule has 3 aromatic rings. The lowest BCUT2D eigenvalue weighted by atomic mass is 10.1. The number of nitrogens with zero attached hydrogens (tertiary/aromatic N) is 1. The van der Waals surface area contributed by atoms with Gasteiger partial charge in [0, 0.05) is 43.1 Å². The van der Waals surface area contributed by atoms with Gasteiger partial charge in [-0.15, -0.1) is 0 Å². The molecule has 0 saturated carbocycles. The molecule has 0 heterocycles. The van der Waals surface area contributed by atoms with E-state index in [-0.39, 0.29) is 24.3 Å². The van der Waals surface area contributed by atoms with Crippen molar-refractivity contribution in [1.29, 1.82) is 0 Å². The Kier molecular flexibility index (Phi) is 7.59. The molecule has 0 atom stereocenters. The van der Waals surface area contributed by atoms with E-state index in [9.17, 15) is 14.4 Å². The van der Waals surface area contributed by atoms with Crippen LogP contribution in [0.3, 0.4) is 0 Å². The van der Waals surface area contributed by atoms with Crippen LogP contribution < -0.4 is 16.0 Å². The normalized spacial score (nSPS) is 10.2. The summed E-state index contributed by atoms with van der Waals surface area (Å²) in [6.07, 6.45) is 0. The topological polar surface area (TPSA) is 90.5 Å². The second-order valence-corrected chi connectivity index (χ2v) is 7.29. The Hall–Kier alpha value is -4.13. The van der Waals surface area contributed by atoms with Crippen LogP contribution in [-0.4, -0.2) is 43.3 Å². The first kappa shape index (κ1) is 22.6. The third-order valence-corrected chi connectivity index (χ3v) is 4.83. The number of benzene rings is 3. The van der Waals surface area contributed by atoms with Gasteiger partial charge in [0.1, 0.15) is 0 Å². The van der Waals surface area contributed by atoms with Crippen LogP contribution in [0.25, 0.3) is 0 Å². The highest BCUT2D eigenvalue weighted by Crippen LogP contribution is 2.14. The van der Waals surface area contributed by atoms with Crippen molar-refractivity contribution < 1.29 is 14.4 Å². The zero-order valence-corrected chi connectivity index (χ0v) is 18.1. The predicted octanol–water partition coefficient (Wildman–Crippen LogP) is 3.37. The van der Waals surface area contributed by atoms with Gasteiger partial charge in [0.2, 0.25) is 5.91 Å². The van der Waals surface area contributed by atoms with Crippen molar-refractivity contribution in [2.45, 2.75) is 6.54 Å². The van der Waals surface area contributed by atoms with Crippen molar-refractivity contribution in [3.05, 3.63) is 95.6 Å². The minimum Gasteiger partial charge on any atom is -0.376 e. The number of anilines is 2. The first-order chi connectivity index (χ1) is 15.5. The third-order valence-electron chi connectivity index (χ3n) is 4.83. The molecule has 7 nitrogen and oxygen atoms in total. The summed E-state index contributed by atoms with van der Waals surface area (Å²) in [5, 5.41) is 8.37. The van der Waals surface area contributed by atoms with Crippen molar-refractivity contribution in [1.82, 2.24) is 10.2 Å². The van der Waals surface area contributed by atoms with E-state index < -0.39 is 0 Å². The first-order valence-corrected chi connectivity index (χ1v) is 10.2. The van der Waals surface area contributed by atoms with Crippen molar-refractivity contribution >= 4 is 29.1 Å². The second-order valence-electron chi connectivity index (χ2n) is 7.29. The fourth-order valence-electron chi connectivity index (χ4n) is 3.15. The maximum atomic E-state index is 12.8. The molecule has 3 amide bonds. The molecule has 0 aliphatic heterocycles. The molecule has 0 aliphatic rings. The molecule has 3 N–H and O–H groups in total. The molecule has 0 aliphatic carbocycles. The Labute approximate surface area is 187 Å². The highest BCUT2D eigenvalue weighted by atomic mass is 16.2. The fourth-order valence-corrected chi connectivity index (χ4v) is 3.15. The SMILES string of the molecule is CNC(=O)c1ccc(NCC(=O)Nc2cccc(C(=O)N(C)Cc3ccccc3)c2)cc1. The molecule has 7 heteroatoms. The molecular formula is C25H26N4O3. The molecule has 0 unspecified atom stereocenters. The summed E-state index contributed by atoms with van der Waals surface area (Å²) < 4.78 is 0. The lowest BCUT2D eigenvalue weighted by Gasteiger charge is -2.18. The average molecular weight is 431 g/mol. The lowest BCUT2D eigenvalue weighted by molar-refractivity contribution is -0.114. The van der Waals surface area contributed by atoms with Gasteiger partial charge in [0.25, 0.3) is 11.8 Å². The van der Waals surface area contributed by atoms with Gasteiger partial charge < -0.3 is 20.9 Å². The molecule has 0 fully saturated rings. The number of rotatable bonds is 8. The van der Waals surface area contributed by atoms with E-state index in [1.54, 1.807) is 67.5 Å². The van der Waals surface area contributed by atoms with Gasteiger partial charge in [0.05, 0.1) is 6.54 Å². The minimum atomic E-state index is -0.248. The van der Waals surface area contributed by atoms with Crippen molar-refractivity contribution in [2.75, 3.05) is 31.3 Å². The van der Waals surface area contributed by atoms with E-state index in [4.69, 9.17) is 0 Å². The monoisotopic (exact) mass is 430 g/mol. The van der Waals surface area contributed by atoms with Crippen LogP contribution in [0.15, 0.2) is 78.9 Å². The zero-order chi connectivity index (χ0) is 22.9. The van der Waals surface area contributed by atoms with Crippen LogP contribution in [-0.2, 0) is 11.3 Å². The Balaban J connectivity index is 1.55. The van der Waals surface area contributed by atoms with Gasteiger partial charge in [-0.3, -0.25) is 14.4 Å². The number of amides is 3. The first-order valence-electron chi connectivity index (χ1n) is 10.2. The largest absolute Gasteiger partial charge is 0.376 e. The van der Waals surface area contributed by atoms with E-state index in [0.29, 0.717) is 23.4 Å². The van der Waals surface area contributed by atoms with Crippen LogP contribution >= 0.6 is 0 Å². The molecule has 3 aromatic carbocycles. The number of nitrogens with one attached hydrogen (secondary N) is 3. The predicted molar refractivity (Wildman–Crippen MR) is 126 cm³/mol. The Morgan fingerprint density at radius 3 is 2.22 bits per heavy atom. The molecule has 0 radical (unpaired) electrons. The van der Waals surface area contributed by atoms with E-state index >= 15 is 0 Å². The molecular weight excluding hydrogens is 404 g/mol. The van der Waals surface area contributed by atoms with Crippen LogP contribution in [0, 0.1) is 0 Å². The molecule has 0 bridgehead atoms. The molecule has 0 saturated heterocycles. The van der Waals surface area contributed by atoms with E-state index in [0.717, 1.165) is 11.3 Å². The number of hydrogen-bond acceptors (Lipinski definition) is 4. The summed E-state index contributed by atoms with van der Waals surface area (Å²) in [5.74, 6) is -0.542. The Bertz CT molecular complexity index is 1080.